The van der Waals surface area contributed by atoms with Gasteiger partial charge in [0.1, 0.15) is 0 Å². The number of imidazole rings is 1. The van der Waals surface area contributed by atoms with E-state index in [9.17, 15) is 4.79 Å². The molecule has 0 aliphatic heterocycles. The van der Waals surface area contributed by atoms with Crippen molar-refractivity contribution in [3.8, 4) is 0 Å². The molecule has 0 saturated heterocycles. The molecule has 0 spiro atoms. The molecule has 1 amide bonds. The normalized spacial score (nSPS) is 11.7. The number of pyridine rings is 1. The molecule has 0 saturated carbocycles. The van der Waals surface area contributed by atoms with Crippen LogP contribution in [0.15, 0.2) is 36.5 Å². The van der Waals surface area contributed by atoms with Gasteiger partial charge in [-0.3, -0.25) is 5.32 Å². The van der Waals surface area contributed by atoms with Gasteiger partial charge in [0, 0.05) is 31.2 Å². The lowest BCUT2D eigenvalue weighted by Gasteiger charge is -2.17. The van der Waals surface area contributed by atoms with Crippen LogP contribution < -0.4 is 10.6 Å². The second kappa shape index (κ2) is 11.7. The Morgan fingerprint density at radius 1 is 1.12 bits per heavy atom. The van der Waals surface area contributed by atoms with Gasteiger partial charge in [0.25, 0.3) is 0 Å². The second-order valence-electron chi connectivity index (χ2n) is 7.31. The van der Waals surface area contributed by atoms with E-state index in [2.05, 4.69) is 20.0 Å². The average Bonchev–Trinajstić information content (AvgIpc) is 3.02. The molecule has 3 aromatic rings. The standard InChI is InChI=1S/C23H30N4O4.ClH/c1-15-8-6-9-20(26-23(28)31-18(4)30-13-12-29-5)19(15)14-24-21-10-7-11-27-17(3)16(2)25-22(21)27;/h6-11,18,24H,12-14H2,1-5H3,(H,26,28);1H. The summed E-state index contributed by atoms with van der Waals surface area (Å²) in [6.07, 6.45) is 0.757. The van der Waals surface area contributed by atoms with Crippen LogP contribution in [0.25, 0.3) is 5.65 Å². The first-order valence-corrected chi connectivity index (χ1v) is 10.3. The van der Waals surface area contributed by atoms with Gasteiger partial charge in [-0.05, 0) is 57.0 Å². The largest absolute Gasteiger partial charge is 0.420 e. The molecule has 1 aromatic carbocycles. The summed E-state index contributed by atoms with van der Waals surface area (Å²) in [6, 6.07) is 9.75. The monoisotopic (exact) mass is 462 g/mol. The molecule has 2 N–H and O–H groups in total. The van der Waals surface area contributed by atoms with Crippen molar-refractivity contribution in [1.29, 1.82) is 0 Å². The third-order valence-electron chi connectivity index (χ3n) is 5.14. The molecule has 8 nitrogen and oxygen atoms in total. The zero-order valence-electron chi connectivity index (χ0n) is 19.1. The van der Waals surface area contributed by atoms with Crippen molar-refractivity contribution in [3.05, 3.63) is 59.0 Å². The molecule has 3 rings (SSSR count). The summed E-state index contributed by atoms with van der Waals surface area (Å²) in [7, 11) is 1.59. The van der Waals surface area contributed by atoms with Crippen molar-refractivity contribution in [2.24, 2.45) is 0 Å². The molecule has 1 atom stereocenters. The number of anilines is 2. The van der Waals surface area contributed by atoms with E-state index in [1.807, 2.05) is 57.3 Å². The van der Waals surface area contributed by atoms with Gasteiger partial charge in [0.15, 0.2) is 5.65 Å². The molecule has 1 unspecified atom stereocenters. The fourth-order valence-electron chi connectivity index (χ4n) is 3.30. The lowest BCUT2D eigenvalue weighted by Crippen LogP contribution is -2.24. The number of benzene rings is 1. The number of ether oxygens (including phenoxy) is 3. The number of nitrogens with zero attached hydrogens (tertiary/aromatic N) is 2. The highest BCUT2D eigenvalue weighted by Crippen LogP contribution is 2.24. The van der Waals surface area contributed by atoms with Gasteiger partial charge in [-0.15, -0.1) is 12.4 Å². The number of nitrogens with one attached hydrogen (secondary N) is 2. The number of methoxy groups -OCH3 is 1. The highest BCUT2D eigenvalue weighted by molar-refractivity contribution is 5.86. The maximum Gasteiger partial charge on any atom is 0.413 e. The molecular formula is C23H31ClN4O4. The van der Waals surface area contributed by atoms with E-state index in [0.29, 0.717) is 25.4 Å². The first-order valence-electron chi connectivity index (χ1n) is 10.3. The summed E-state index contributed by atoms with van der Waals surface area (Å²) in [5.74, 6) is 0. The number of carbonyl (C=O) groups is 1. The average molecular weight is 463 g/mol. The highest BCUT2D eigenvalue weighted by atomic mass is 35.5. The summed E-state index contributed by atoms with van der Waals surface area (Å²) in [5.41, 5.74) is 6.62. The lowest BCUT2D eigenvalue weighted by atomic mass is 10.1. The van der Waals surface area contributed by atoms with E-state index in [4.69, 9.17) is 14.2 Å². The number of hydrogen-bond donors (Lipinski definition) is 2. The maximum atomic E-state index is 12.3. The number of rotatable bonds is 9. The molecule has 174 valence electrons. The molecule has 0 bridgehead atoms. The van der Waals surface area contributed by atoms with Gasteiger partial charge in [-0.2, -0.15) is 0 Å². The number of aromatic nitrogens is 2. The smallest absolute Gasteiger partial charge is 0.413 e. The van der Waals surface area contributed by atoms with E-state index in [1.165, 1.54) is 0 Å². The Bertz CT molecular complexity index is 1050. The van der Waals surface area contributed by atoms with Crippen LogP contribution in [-0.2, 0) is 20.8 Å². The Morgan fingerprint density at radius 3 is 2.62 bits per heavy atom. The van der Waals surface area contributed by atoms with Gasteiger partial charge in [-0.1, -0.05) is 12.1 Å². The van der Waals surface area contributed by atoms with Crippen molar-refractivity contribution >= 4 is 35.5 Å². The van der Waals surface area contributed by atoms with Crippen molar-refractivity contribution in [1.82, 2.24) is 9.38 Å². The number of hydrogen-bond acceptors (Lipinski definition) is 6. The van der Waals surface area contributed by atoms with E-state index >= 15 is 0 Å². The minimum absolute atomic E-state index is 0. The molecule has 0 radical (unpaired) electrons. The molecular weight excluding hydrogens is 432 g/mol. The number of carbonyl (C=O) groups excluding carboxylic acids is 1. The summed E-state index contributed by atoms with van der Waals surface area (Å²) in [6.45, 7) is 9.04. The molecule has 9 heteroatoms. The predicted molar refractivity (Wildman–Crippen MR) is 128 cm³/mol. The van der Waals surface area contributed by atoms with Crippen LogP contribution in [0.4, 0.5) is 16.2 Å². The Kier molecular flexibility index (Phi) is 9.31. The van der Waals surface area contributed by atoms with Crippen molar-refractivity contribution in [3.63, 3.8) is 0 Å². The Hall–Kier alpha value is -2.81. The summed E-state index contributed by atoms with van der Waals surface area (Å²) >= 11 is 0. The Labute approximate surface area is 194 Å². The van der Waals surface area contributed by atoms with Crippen LogP contribution in [0, 0.1) is 20.8 Å². The van der Waals surface area contributed by atoms with E-state index < -0.39 is 12.4 Å². The number of aryl methyl sites for hydroxylation is 3. The van der Waals surface area contributed by atoms with E-state index in [1.54, 1.807) is 14.0 Å². The predicted octanol–water partition coefficient (Wildman–Crippen LogP) is 4.85. The Balaban J connectivity index is 0.00000363. The zero-order chi connectivity index (χ0) is 22.4. The SMILES string of the molecule is COCCOC(C)OC(=O)Nc1cccc(C)c1CNc1cccn2c(C)c(C)nc12.Cl. The summed E-state index contributed by atoms with van der Waals surface area (Å²) in [5, 5.41) is 6.29. The quantitative estimate of drug-likeness (QED) is 0.349. The third kappa shape index (κ3) is 6.12. The van der Waals surface area contributed by atoms with E-state index in [-0.39, 0.29) is 12.4 Å². The van der Waals surface area contributed by atoms with Crippen molar-refractivity contribution in [2.75, 3.05) is 31.0 Å². The molecule has 0 fully saturated rings. The second-order valence-corrected chi connectivity index (χ2v) is 7.31. The first-order chi connectivity index (χ1) is 14.9. The number of halogens is 1. The van der Waals surface area contributed by atoms with Gasteiger partial charge in [0.05, 0.1) is 24.6 Å². The molecule has 2 heterocycles. The molecule has 0 aliphatic carbocycles. The lowest BCUT2D eigenvalue weighted by molar-refractivity contribution is -0.0977. The summed E-state index contributed by atoms with van der Waals surface area (Å²) in [4.78, 5) is 17.0. The minimum Gasteiger partial charge on any atom is -0.420 e. The van der Waals surface area contributed by atoms with Gasteiger partial charge < -0.3 is 23.9 Å². The van der Waals surface area contributed by atoms with Gasteiger partial charge >= 0.3 is 6.09 Å². The van der Waals surface area contributed by atoms with Crippen molar-refractivity contribution in [2.45, 2.75) is 40.5 Å². The van der Waals surface area contributed by atoms with Crippen molar-refractivity contribution < 1.29 is 19.0 Å². The zero-order valence-corrected chi connectivity index (χ0v) is 19.9. The van der Waals surface area contributed by atoms with Crippen LogP contribution in [-0.4, -0.2) is 42.1 Å². The fourth-order valence-corrected chi connectivity index (χ4v) is 3.30. The topological polar surface area (TPSA) is 86.1 Å². The summed E-state index contributed by atoms with van der Waals surface area (Å²) < 4.78 is 17.6. The molecule has 2 aromatic heterocycles. The van der Waals surface area contributed by atoms with Crippen LogP contribution in [0.5, 0.6) is 0 Å². The van der Waals surface area contributed by atoms with Gasteiger partial charge in [0.2, 0.25) is 6.29 Å². The highest BCUT2D eigenvalue weighted by Gasteiger charge is 2.14. The third-order valence-corrected chi connectivity index (χ3v) is 5.14. The number of amides is 1. The van der Waals surface area contributed by atoms with Crippen LogP contribution in [0.3, 0.4) is 0 Å². The number of fused-ring (bicyclic) bond motifs is 1. The fraction of sp³-hybridized carbons (Fsp3) is 0.391. The maximum absolute atomic E-state index is 12.3. The Morgan fingerprint density at radius 2 is 1.88 bits per heavy atom. The minimum atomic E-state index is -0.675. The van der Waals surface area contributed by atoms with E-state index in [0.717, 1.165) is 33.8 Å². The van der Waals surface area contributed by atoms with Crippen LogP contribution in [0.1, 0.15) is 29.4 Å². The molecule has 0 aliphatic rings. The molecule has 32 heavy (non-hydrogen) atoms. The van der Waals surface area contributed by atoms with Crippen LogP contribution >= 0.6 is 12.4 Å². The van der Waals surface area contributed by atoms with Gasteiger partial charge in [-0.25, -0.2) is 9.78 Å². The van der Waals surface area contributed by atoms with Crippen LogP contribution in [0.2, 0.25) is 0 Å². The first kappa shape index (κ1) is 25.5.